The maximum absolute atomic E-state index is 12.3. The van der Waals surface area contributed by atoms with Gasteiger partial charge in [-0.2, -0.15) is 0 Å². The SMILES string of the molecule is Cc1cccc(N(C)C(=O)c2cccc(N)c2O)c1. The largest absolute Gasteiger partial charge is 0.505 e. The number of para-hydroxylation sites is 1. The number of amides is 1. The molecule has 0 aliphatic rings. The third-order valence-corrected chi connectivity index (χ3v) is 2.99. The Labute approximate surface area is 112 Å². The van der Waals surface area contributed by atoms with Gasteiger partial charge in [-0.15, -0.1) is 0 Å². The third-order valence-electron chi connectivity index (χ3n) is 2.99. The number of aromatic hydroxyl groups is 1. The molecule has 0 aliphatic carbocycles. The van der Waals surface area contributed by atoms with Crippen molar-refractivity contribution >= 4 is 17.3 Å². The van der Waals surface area contributed by atoms with Crippen molar-refractivity contribution in [2.75, 3.05) is 17.7 Å². The fourth-order valence-electron chi connectivity index (χ4n) is 1.87. The molecule has 0 heterocycles. The summed E-state index contributed by atoms with van der Waals surface area (Å²) in [7, 11) is 1.67. The first-order chi connectivity index (χ1) is 9.00. The topological polar surface area (TPSA) is 66.6 Å². The van der Waals surface area contributed by atoms with E-state index in [0.29, 0.717) is 0 Å². The Kier molecular flexibility index (Phi) is 3.42. The molecule has 2 aromatic rings. The zero-order valence-electron chi connectivity index (χ0n) is 10.9. The fourth-order valence-corrected chi connectivity index (χ4v) is 1.87. The van der Waals surface area contributed by atoms with Gasteiger partial charge >= 0.3 is 0 Å². The number of nitrogens with two attached hydrogens (primary N) is 1. The molecule has 0 spiro atoms. The maximum Gasteiger partial charge on any atom is 0.261 e. The summed E-state index contributed by atoms with van der Waals surface area (Å²) in [5, 5.41) is 9.85. The van der Waals surface area contributed by atoms with Crippen LogP contribution in [-0.4, -0.2) is 18.1 Å². The highest BCUT2D eigenvalue weighted by atomic mass is 16.3. The van der Waals surface area contributed by atoms with Gasteiger partial charge in [0, 0.05) is 12.7 Å². The molecule has 1 amide bonds. The fraction of sp³-hybridized carbons (Fsp3) is 0.133. The minimum Gasteiger partial charge on any atom is -0.505 e. The van der Waals surface area contributed by atoms with E-state index in [1.165, 1.54) is 4.90 Å². The van der Waals surface area contributed by atoms with Gasteiger partial charge in [0.05, 0.1) is 11.3 Å². The number of carbonyl (C=O) groups excluding carboxylic acids is 1. The second-order valence-electron chi connectivity index (χ2n) is 4.45. The average Bonchev–Trinajstić information content (AvgIpc) is 2.40. The molecule has 2 rings (SSSR count). The van der Waals surface area contributed by atoms with Crippen LogP contribution >= 0.6 is 0 Å². The molecule has 0 atom stereocenters. The Morgan fingerprint density at radius 2 is 1.89 bits per heavy atom. The first-order valence-electron chi connectivity index (χ1n) is 5.93. The number of nitrogens with zero attached hydrogens (tertiary/aromatic N) is 1. The van der Waals surface area contributed by atoms with Crippen molar-refractivity contribution in [3.63, 3.8) is 0 Å². The second-order valence-corrected chi connectivity index (χ2v) is 4.45. The summed E-state index contributed by atoms with van der Waals surface area (Å²) in [6.07, 6.45) is 0. The van der Waals surface area contributed by atoms with Gasteiger partial charge in [-0.1, -0.05) is 18.2 Å². The quantitative estimate of drug-likeness (QED) is 0.641. The van der Waals surface area contributed by atoms with E-state index in [4.69, 9.17) is 5.73 Å². The van der Waals surface area contributed by atoms with Crippen LogP contribution in [0.5, 0.6) is 5.75 Å². The number of aryl methyl sites for hydroxylation is 1. The van der Waals surface area contributed by atoms with Crippen LogP contribution in [0, 0.1) is 6.92 Å². The van der Waals surface area contributed by atoms with Crippen molar-refractivity contribution in [3.8, 4) is 5.75 Å². The van der Waals surface area contributed by atoms with Gasteiger partial charge < -0.3 is 15.7 Å². The molecule has 4 heteroatoms. The molecule has 3 N–H and O–H groups in total. The third kappa shape index (κ3) is 2.52. The van der Waals surface area contributed by atoms with E-state index in [1.807, 2.05) is 31.2 Å². The van der Waals surface area contributed by atoms with E-state index < -0.39 is 0 Å². The Morgan fingerprint density at radius 1 is 1.21 bits per heavy atom. The van der Waals surface area contributed by atoms with Crippen LogP contribution in [0.2, 0.25) is 0 Å². The van der Waals surface area contributed by atoms with E-state index >= 15 is 0 Å². The first kappa shape index (κ1) is 13.0. The van der Waals surface area contributed by atoms with Crippen molar-refractivity contribution in [2.45, 2.75) is 6.92 Å². The van der Waals surface area contributed by atoms with Crippen LogP contribution < -0.4 is 10.6 Å². The predicted octanol–water partition coefficient (Wildman–Crippen LogP) is 2.56. The van der Waals surface area contributed by atoms with Crippen molar-refractivity contribution in [3.05, 3.63) is 53.6 Å². The van der Waals surface area contributed by atoms with Crippen LogP contribution in [-0.2, 0) is 0 Å². The highest BCUT2D eigenvalue weighted by Gasteiger charge is 2.18. The van der Waals surface area contributed by atoms with E-state index in [0.717, 1.165) is 11.3 Å². The van der Waals surface area contributed by atoms with Gasteiger partial charge in [-0.05, 0) is 36.8 Å². The average molecular weight is 256 g/mol. The van der Waals surface area contributed by atoms with Crippen molar-refractivity contribution in [1.82, 2.24) is 0 Å². The second kappa shape index (κ2) is 5.02. The lowest BCUT2D eigenvalue weighted by molar-refractivity contribution is 0.0990. The highest BCUT2D eigenvalue weighted by Crippen LogP contribution is 2.27. The number of carbonyl (C=O) groups is 1. The van der Waals surface area contributed by atoms with Gasteiger partial charge in [-0.3, -0.25) is 4.79 Å². The van der Waals surface area contributed by atoms with E-state index in [-0.39, 0.29) is 22.9 Å². The molecular weight excluding hydrogens is 240 g/mol. The molecular formula is C15H16N2O2. The molecule has 19 heavy (non-hydrogen) atoms. The Morgan fingerprint density at radius 3 is 2.58 bits per heavy atom. The van der Waals surface area contributed by atoms with Crippen LogP contribution in [0.4, 0.5) is 11.4 Å². The molecule has 0 unspecified atom stereocenters. The molecule has 0 fully saturated rings. The molecule has 0 radical (unpaired) electrons. The van der Waals surface area contributed by atoms with Crippen molar-refractivity contribution in [2.24, 2.45) is 0 Å². The minimum absolute atomic E-state index is 0.174. The number of phenolic OH excluding ortho intramolecular Hbond substituents is 1. The smallest absolute Gasteiger partial charge is 0.261 e. The van der Waals surface area contributed by atoms with Gasteiger partial charge in [0.15, 0.2) is 5.75 Å². The Hall–Kier alpha value is -2.49. The zero-order chi connectivity index (χ0) is 14.0. The van der Waals surface area contributed by atoms with Crippen LogP contribution in [0.15, 0.2) is 42.5 Å². The Balaban J connectivity index is 2.36. The summed E-state index contributed by atoms with van der Waals surface area (Å²) in [6, 6.07) is 12.3. The number of benzene rings is 2. The lowest BCUT2D eigenvalue weighted by atomic mass is 10.1. The van der Waals surface area contributed by atoms with E-state index in [1.54, 1.807) is 25.2 Å². The Bertz CT molecular complexity index is 623. The number of anilines is 2. The zero-order valence-corrected chi connectivity index (χ0v) is 10.9. The lowest BCUT2D eigenvalue weighted by Gasteiger charge is -2.18. The van der Waals surface area contributed by atoms with E-state index in [9.17, 15) is 9.90 Å². The number of hydrogen-bond acceptors (Lipinski definition) is 3. The summed E-state index contributed by atoms with van der Waals surface area (Å²) in [5.74, 6) is -0.470. The maximum atomic E-state index is 12.3. The summed E-state index contributed by atoms with van der Waals surface area (Å²) in [5.41, 5.74) is 7.83. The number of phenols is 1. The summed E-state index contributed by atoms with van der Waals surface area (Å²) in [6.45, 7) is 1.96. The highest BCUT2D eigenvalue weighted by molar-refractivity contribution is 6.08. The summed E-state index contributed by atoms with van der Waals surface area (Å²) >= 11 is 0. The number of hydrogen-bond donors (Lipinski definition) is 2. The molecule has 0 aromatic heterocycles. The standard InChI is InChI=1S/C15H16N2O2/c1-10-5-3-6-11(9-10)17(2)15(19)12-7-4-8-13(16)14(12)18/h3-9,18H,16H2,1-2H3. The molecule has 0 saturated carbocycles. The van der Waals surface area contributed by atoms with Crippen LogP contribution in [0.3, 0.4) is 0 Å². The monoisotopic (exact) mass is 256 g/mol. The van der Waals surface area contributed by atoms with Crippen LogP contribution in [0.1, 0.15) is 15.9 Å². The van der Waals surface area contributed by atoms with Crippen LogP contribution in [0.25, 0.3) is 0 Å². The van der Waals surface area contributed by atoms with Gasteiger partial charge in [0.25, 0.3) is 5.91 Å². The number of nitrogen functional groups attached to an aromatic ring is 1. The minimum atomic E-state index is -0.296. The molecule has 2 aromatic carbocycles. The molecule has 4 nitrogen and oxygen atoms in total. The predicted molar refractivity (Wildman–Crippen MR) is 76.4 cm³/mol. The number of rotatable bonds is 2. The normalized spacial score (nSPS) is 10.2. The first-order valence-corrected chi connectivity index (χ1v) is 5.93. The van der Waals surface area contributed by atoms with Gasteiger partial charge in [0.1, 0.15) is 0 Å². The molecule has 0 bridgehead atoms. The van der Waals surface area contributed by atoms with Gasteiger partial charge in [-0.25, -0.2) is 0 Å². The molecule has 98 valence electrons. The van der Waals surface area contributed by atoms with Crippen molar-refractivity contribution < 1.29 is 9.90 Å². The van der Waals surface area contributed by atoms with Crippen molar-refractivity contribution in [1.29, 1.82) is 0 Å². The van der Waals surface area contributed by atoms with E-state index in [2.05, 4.69) is 0 Å². The van der Waals surface area contributed by atoms with Gasteiger partial charge in [0.2, 0.25) is 0 Å². The molecule has 0 saturated heterocycles. The summed E-state index contributed by atoms with van der Waals surface area (Å²) < 4.78 is 0. The lowest BCUT2D eigenvalue weighted by Crippen LogP contribution is -2.26. The summed E-state index contributed by atoms with van der Waals surface area (Å²) in [4.78, 5) is 13.8. The molecule has 0 aliphatic heterocycles.